The van der Waals surface area contributed by atoms with Crippen molar-refractivity contribution in [1.82, 2.24) is 15.1 Å². The zero-order valence-electron chi connectivity index (χ0n) is 46.6. The van der Waals surface area contributed by atoms with Gasteiger partial charge in [0.1, 0.15) is 21.2 Å². The van der Waals surface area contributed by atoms with Crippen molar-refractivity contribution in [2.24, 2.45) is 0 Å². The van der Waals surface area contributed by atoms with E-state index < -0.39 is 21.4 Å². The molecule has 16 heteroatoms. The fourth-order valence-corrected chi connectivity index (χ4v) is 13.2. The lowest BCUT2D eigenvalue weighted by molar-refractivity contribution is -0.462. The van der Waals surface area contributed by atoms with Crippen molar-refractivity contribution in [3.05, 3.63) is 196 Å². The molecule has 1 aliphatic heterocycles. The number of carbonyl (C=O) groups excluding carboxylic acids is 2. The minimum Gasteiger partial charge on any atom is -1.00 e. The van der Waals surface area contributed by atoms with E-state index in [-0.39, 0.29) is 24.1 Å². The number of benzene rings is 6. The summed E-state index contributed by atoms with van der Waals surface area (Å²) in [5, 5.41) is 51.0. The Bertz CT molecular complexity index is 3510. The number of halogens is 1. The summed E-state index contributed by atoms with van der Waals surface area (Å²) in [6.45, 7) is 16.3. The zero-order valence-corrected chi connectivity index (χ0v) is 48.2. The predicted molar refractivity (Wildman–Crippen MR) is 323 cm³/mol. The van der Waals surface area contributed by atoms with Gasteiger partial charge in [-0.3, -0.25) is 19.4 Å². The first-order valence-electron chi connectivity index (χ1n) is 26.8. The third kappa shape index (κ3) is 13.6. The van der Waals surface area contributed by atoms with Gasteiger partial charge < -0.3 is 47.3 Å². The van der Waals surface area contributed by atoms with Crippen molar-refractivity contribution in [3.8, 4) is 0 Å². The maximum Gasteiger partial charge on any atom is 0.488 e. The SMILES string of the molecule is C=C(C)C(=O)CCCCN(Cc1ccccc1B(O)O)Cc1c2ccccc2c(CN(CCCNC(=O)C(=C)C)Cc2ccccc2B(O)O)c2ccc(C3=C4C=CC(=[N+](C)C)C=C4P(C)(=O)c4cc(N(C)C)ccc43)cc12.[Cl-]. The lowest BCUT2D eigenvalue weighted by atomic mass is 9.77. The number of unbranched alkanes of at least 4 members (excludes halogenated alkanes) is 1. The Morgan fingerprint density at radius 2 is 1.23 bits per heavy atom. The van der Waals surface area contributed by atoms with E-state index in [0.717, 1.165) is 88.1 Å². The van der Waals surface area contributed by atoms with Crippen molar-refractivity contribution in [1.29, 1.82) is 0 Å². The molecule has 79 heavy (non-hydrogen) atoms. The number of nitrogens with zero attached hydrogens (tertiary/aromatic N) is 4. The molecule has 0 saturated heterocycles. The number of hydrogen-bond acceptors (Lipinski definition) is 10. The molecule has 0 spiro atoms. The number of allylic oxidation sites excluding steroid dienone is 6. The van der Waals surface area contributed by atoms with Crippen LogP contribution in [0.2, 0.25) is 0 Å². The minimum absolute atomic E-state index is 0. The fraction of sp³-hybridized carbons (Fsp3) is 0.286. The van der Waals surface area contributed by atoms with Crippen molar-refractivity contribution < 1.29 is 51.2 Å². The van der Waals surface area contributed by atoms with Crippen molar-refractivity contribution in [3.63, 3.8) is 0 Å². The summed E-state index contributed by atoms with van der Waals surface area (Å²) in [7, 11) is 1.51. The normalized spacial score (nSPS) is 14.7. The molecule has 0 aromatic heterocycles. The average Bonchev–Trinajstić information content (AvgIpc) is 3.57. The second kappa shape index (κ2) is 26.2. The summed E-state index contributed by atoms with van der Waals surface area (Å²) in [5.74, 6) is -0.168. The van der Waals surface area contributed by atoms with Crippen LogP contribution in [-0.2, 0) is 40.3 Å². The van der Waals surface area contributed by atoms with Gasteiger partial charge in [0.25, 0.3) is 0 Å². The molecule has 6 aromatic rings. The molecule has 1 amide bonds. The molecule has 0 bridgehead atoms. The van der Waals surface area contributed by atoms with E-state index in [1.54, 1.807) is 38.1 Å². The highest BCUT2D eigenvalue weighted by Gasteiger charge is 2.39. The third-order valence-electron chi connectivity index (χ3n) is 15.1. The van der Waals surface area contributed by atoms with Crippen LogP contribution < -0.4 is 38.9 Å². The Balaban J connectivity index is 0.00000903. The number of hydrogen-bond donors (Lipinski definition) is 5. The van der Waals surface area contributed by atoms with Gasteiger partial charge in [-0.2, -0.15) is 0 Å². The number of nitrogens with one attached hydrogen (secondary N) is 1. The van der Waals surface area contributed by atoms with Crippen LogP contribution in [0.5, 0.6) is 0 Å². The van der Waals surface area contributed by atoms with E-state index in [1.807, 2.05) is 68.6 Å². The number of fused-ring (bicyclic) bond motifs is 4. The molecule has 5 N–H and O–H groups in total. The van der Waals surface area contributed by atoms with Gasteiger partial charge in [0, 0.05) is 93.8 Å². The predicted octanol–water partition coefficient (Wildman–Crippen LogP) is 4.43. The van der Waals surface area contributed by atoms with Crippen LogP contribution in [0.3, 0.4) is 0 Å². The molecule has 1 unspecified atom stereocenters. The number of carbonyl (C=O) groups is 2. The second-order valence-corrected chi connectivity index (χ2v) is 24.2. The van der Waals surface area contributed by atoms with Crippen LogP contribution in [0.15, 0.2) is 163 Å². The first-order chi connectivity index (χ1) is 37.2. The van der Waals surface area contributed by atoms with Gasteiger partial charge in [-0.15, -0.1) is 0 Å². The lowest BCUT2D eigenvalue weighted by Gasteiger charge is -2.32. The Hall–Kier alpha value is -6.44. The van der Waals surface area contributed by atoms with Gasteiger partial charge in [-0.05, 0) is 153 Å². The van der Waals surface area contributed by atoms with Crippen LogP contribution in [-0.4, -0.2) is 121 Å². The van der Waals surface area contributed by atoms with Crippen LogP contribution in [0, 0.1) is 0 Å². The number of rotatable bonds is 23. The lowest BCUT2D eigenvalue weighted by Crippen LogP contribution is -3.00. The van der Waals surface area contributed by atoms with Crippen LogP contribution in [0.4, 0.5) is 5.69 Å². The van der Waals surface area contributed by atoms with E-state index in [1.165, 1.54) is 0 Å². The number of amides is 1. The molecule has 8 rings (SSSR count). The summed E-state index contributed by atoms with van der Waals surface area (Å²) < 4.78 is 17.5. The Kier molecular flexibility index (Phi) is 20.0. The molecular weight excluding hydrogens is 1030 g/mol. The minimum atomic E-state index is -3.13. The highest BCUT2D eigenvalue weighted by Crippen LogP contribution is 2.60. The monoisotopic (exact) mass is 1100 g/mol. The number of Topliss-reactive ketones (excluding diaryl/α,β-unsaturated/α-hetero) is 1. The van der Waals surface area contributed by atoms with Gasteiger partial charge >= 0.3 is 14.2 Å². The zero-order chi connectivity index (χ0) is 56.0. The largest absolute Gasteiger partial charge is 1.00 e. The Labute approximate surface area is 472 Å². The Morgan fingerprint density at radius 1 is 0.671 bits per heavy atom. The molecule has 410 valence electrons. The molecule has 0 saturated carbocycles. The standard InChI is InChI=1S/C63H72B2N5O7P.ClH/c1-42(2)59(71)25-16-17-33-69(38-45-19-10-14-23-57(45)64(73)74)41-56-50-22-13-12-21-49(50)55(40-70(34-18-32-66-63(72)43(3)4)39-46-20-11-15-24-58(46)65(75)76)51-29-26-44(35-54(51)56)62-52-30-27-47(67(5)6)36-60(52)78(9,77)61-37-48(68(7)8)28-31-53(61)62;/h10-15,19-24,26-31,35-37,73-76H,1,3,16-18,25,32-34,38-41H2,2,4-9H3;1H. The van der Waals surface area contributed by atoms with Gasteiger partial charge in [-0.1, -0.05) is 104 Å². The van der Waals surface area contributed by atoms with E-state index in [4.69, 9.17) is 0 Å². The first-order valence-corrected chi connectivity index (χ1v) is 28.9. The van der Waals surface area contributed by atoms with Gasteiger partial charge in [0.15, 0.2) is 11.5 Å². The molecule has 1 atom stereocenters. The smallest absolute Gasteiger partial charge is 0.488 e. The van der Waals surface area contributed by atoms with Gasteiger partial charge in [0.2, 0.25) is 5.91 Å². The molecule has 0 fully saturated rings. The van der Waals surface area contributed by atoms with Crippen molar-refractivity contribution in [2.75, 3.05) is 59.4 Å². The quantitative estimate of drug-likeness (QED) is 0.0156. The van der Waals surface area contributed by atoms with Crippen LogP contribution in [0.25, 0.3) is 27.1 Å². The molecular formula is C63H73B2ClN5O7P. The topological polar surface area (TPSA) is 157 Å². The van der Waals surface area contributed by atoms with Gasteiger partial charge in [-0.25, -0.2) is 4.58 Å². The number of anilines is 1. The Morgan fingerprint density at radius 3 is 1.78 bits per heavy atom. The molecule has 1 aliphatic carbocycles. The molecule has 12 nitrogen and oxygen atoms in total. The summed E-state index contributed by atoms with van der Waals surface area (Å²) in [5.41, 5.74) is 11.2. The highest BCUT2D eigenvalue weighted by atomic mass is 35.5. The van der Waals surface area contributed by atoms with Crippen molar-refractivity contribution >= 4 is 87.8 Å². The number of ketones is 1. The van der Waals surface area contributed by atoms with E-state index in [2.05, 4.69) is 107 Å². The molecule has 0 radical (unpaired) electrons. The summed E-state index contributed by atoms with van der Waals surface area (Å²) in [4.78, 5) is 32.1. The average molecular weight is 1100 g/mol. The second-order valence-electron chi connectivity index (χ2n) is 21.4. The van der Waals surface area contributed by atoms with Crippen LogP contribution >= 0.6 is 7.14 Å². The first kappa shape index (κ1) is 60.2. The highest BCUT2D eigenvalue weighted by molar-refractivity contribution is 7.75. The summed E-state index contributed by atoms with van der Waals surface area (Å²) in [6.07, 6.45) is 8.64. The molecule has 2 aliphatic rings. The summed E-state index contributed by atoms with van der Waals surface area (Å²) >= 11 is 0. The third-order valence-corrected chi connectivity index (χ3v) is 17.7. The maximum atomic E-state index is 15.5. The fourth-order valence-electron chi connectivity index (χ4n) is 10.9. The van der Waals surface area contributed by atoms with Crippen molar-refractivity contribution in [2.45, 2.75) is 65.7 Å². The molecule has 6 aromatic carbocycles. The molecule has 1 heterocycles. The van der Waals surface area contributed by atoms with E-state index >= 15 is 4.57 Å². The van der Waals surface area contributed by atoms with E-state index in [9.17, 15) is 29.7 Å². The van der Waals surface area contributed by atoms with Crippen LogP contribution in [0.1, 0.15) is 72.9 Å². The van der Waals surface area contributed by atoms with Gasteiger partial charge in [0.05, 0.1) is 0 Å². The maximum absolute atomic E-state index is 15.5. The summed E-state index contributed by atoms with van der Waals surface area (Å²) in [6, 6.07) is 36.1. The van der Waals surface area contributed by atoms with E-state index in [0.29, 0.717) is 93.6 Å².